The van der Waals surface area contributed by atoms with Crippen molar-refractivity contribution in [3.63, 3.8) is 0 Å². The normalized spacial score (nSPS) is 20.7. The molecule has 0 N–H and O–H groups in total. The number of aromatic nitrogens is 3. The molecule has 1 aromatic heterocycles. The second-order valence-electron chi connectivity index (χ2n) is 12.1. The van der Waals surface area contributed by atoms with Crippen molar-refractivity contribution in [3.8, 4) is 0 Å². The summed E-state index contributed by atoms with van der Waals surface area (Å²) in [5.41, 5.74) is 0.775. The van der Waals surface area contributed by atoms with E-state index in [1.165, 1.54) is 11.8 Å². The topological polar surface area (TPSA) is 147 Å². The zero-order valence-electron chi connectivity index (χ0n) is 26.0. The van der Waals surface area contributed by atoms with Gasteiger partial charge in [0.1, 0.15) is 19.0 Å². The van der Waals surface area contributed by atoms with E-state index in [4.69, 9.17) is 14.2 Å². The van der Waals surface area contributed by atoms with Crippen molar-refractivity contribution in [3.05, 3.63) is 11.9 Å². The van der Waals surface area contributed by atoms with Crippen molar-refractivity contribution in [2.45, 2.75) is 85.1 Å². The number of hydrogen-bond acceptors (Lipinski definition) is 10. The third-order valence-corrected chi connectivity index (χ3v) is 8.19. The first-order chi connectivity index (χ1) is 20.6. The summed E-state index contributed by atoms with van der Waals surface area (Å²) in [7, 11) is 0. The molecule has 0 radical (unpaired) electrons. The van der Waals surface area contributed by atoms with Crippen molar-refractivity contribution >= 4 is 29.2 Å². The van der Waals surface area contributed by atoms with Crippen LogP contribution in [0, 0.1) is 23.7 Å². The van der Waals surface area contributed by atoms with E-state index >= 15 is 0 Å². The lowest BCUT2D eigenvalue weighted by molar-refractivity contribution is -0.141. The summed E-state index contributed by atoms with van der Waals surface area (Å²) in [6.07, 6.45) is 7.41. The predicted octanol–water partition coefficient (Wildman–Crippen LogP) is 2.61. The summed E-state index contributed by atoms with van der Waals surface area (Å²) < 4.78 is 17.8. The number of likely N-dealkylation sites (tertiary alicyclic amines) is 1. The maximum absolute atomic E-state index is 12.8. The van der Waals surface area contributed by atoms with Gasteiger partial charge >= 0.3 is 0 Å². The standard InChI is InChI=1S/C31H48N4O8/c1-22(2)28-17-30(39)35(31(28)40)18-24-6-8-25(9-7-24)29(38)11-10-26-19-34(33-32-26)12-14-42-16-15-41-13-4-5-27(37)21-43-20-23(3)36/h19,22,24-25,28H,4-18,20-21H2,1-3H3. The van der Waals surface area contributed by atoms with Gasteiger partial charge in [0.15, 0.2) is 11.6 Å². The van der Waals surface area contributed by atoms with Crippen molar-refractivity contribution in [2.75, 3.05) is 46.2 Å². The smallest absolute Gasteiger partial charge is 0.233 e. The maximum Gasteiger partial charge on any atom is 0.233 e. The zero-order chi connectivity index (χ0) is 31.2. The first kappa shape index (κ1) is 34.7. The highest BCUT2D eigenvalue weighted by molar-refractivity contribution is 6.03. The average molecular weight is 605 g/mol. The minimum absolute atomic E-state index is 0.0282. The van der Waals surface area contributed by atoms with Crippen molar-refractivity contribution < 1.29 is 38.2 Å². The molecule has 1 unspecified atom stereocenters. The van der Waals surface area contributed by atoms with Gasteiger partial charge in [-0.25, -0.2) is 4.68 Å². The molecule has 1 aromatic rings. The lowest BCUT2D eigenvalue weighted by atomic mass is 9.79. The Morgan fingerprint density at radius 2 is 1.67 bits per heavy atom. The highest BCUT2D eigenvalue weighted by atomic mass is 16.5. The van der Waals surface area contributed by atoms with Crippen molar-refractivity contribution in [1.29, 1.82) is 0 Å². The van der Waals surface area contributed by atoms with Crippen LogP contribution in [0.2, 0.25) is 0 Å². The van der Waals surface area contributed by atoms with Gasteiger partial charge < -0.3 is 14.2 Å². The van der Waals surface area contributed by atoms with Crippen molar-refractivity contribution in [2.24, 2.45) is 23.7 Å². The number of imide groups is 1. The third kappa shape index (κ3) is 12.0. The number of rotatable bonds is 21. The second-order valence-corrected chi connectivity index (χ2v) is 12.1. The average Bonchev–Trinajstić information content (AvgIpc) is 3.54. The summed E-state index contributed by atoms with van der Waals surface area (Å²) in [5, 5.41) is 8.31. The second kappa shape index (κ2) is 18.1. The van der Waals surface area contributed by atoms with Crippen LogP contribution < -0.4 is 0 Å². The van der Waals surface area contributed by atoms with Crippen LogP contribution in [0.15, 0.2) is 6.20 Å². The lowest BCUT2D eigenvalue weighted by Crippen LogP contribution is -2.37. The van der Waals surface area contributed by atoms with Crippen LogP contribution in [0.3, 0.4) is 0 Å². The molecule has 1 atom stereocenters. The molecule has 1 saturated heterocycles. The van der Waals surface area contributed by atoms with Crippen LogP contribution in [0.25, 0.3) is 0 Å². The van der Waals surface area contributed by atoms with Gasteiger partial charge in [-0.3, -0.25) is 28.9 Å². The summed E-state index contributed by atoms with van der Waals surface area (Å²) >= 11 is 0. The Morgan fingerprint density at radius 1 is 0.953 bits per heavy atom. The van der Waals surface area contributed by atoms with E-state index in [0.717, 1.165) is 31.4 Å². The van der Waals surface area contributed by atoms with Gasteiger partial charge in [0, 0.05) is 56.9 Å². The van der Waals surface area contributed by atoms with E-state index in [0.29, 0.717) is 71.6 Å². The minimum Gasteiger partial charge on any atom is -0.379 e. The number of nitrogens with zero attached hydrogens (tertiary/aromatic N) is 4. The Labute approximate surface area is 254 Å². The van der Waals surface area contributed by atoms with Crippen LogP contribution >= 0.6 is 0 Å². The van der Waals surface area contributed by atoms with Gasteiger partial charge in [-0.1, -0.05) is 19.1 Å². The molecular weight excluding hydrogens is 556 g/mol. The number of hydrogen-bond donors (Lipinski definition) is 0. The number of carbonyl (C=O) groups is 5. The Hall–Kier alpha value is -2.83. The highest BCUT2D eigenvalue weighted by Crippen LogP contribution is 2.33. The molecule has 2 amide bonds. The fourth-order valence-corrected chi connectivity index (χ4v) is 5.60. The fourth-order valence-electron chi connectivity index (χ4n) is 5.60. The van der Waals surface area contributed by atoms with E-state index in [9.17, 15) is 24.0 Å². The molecular formula is C31H48N4O8. The van der Waals surface area contributed by atoms with E-state index in [2.05, 4.69) is 10.3 Å². The van der Waals surface area contributed by atoms with E-state index in [1.54, 1.807) is 4.68 Å². The lowest BCUT2D eigenvalue weighted by Gasteiger charge is -2.30. The van der Waals surface area contributed by atoms with E-state index in [-0.39, 0.29) is 66.0 Å². The van der Waals surface area contributed by atoms with Crippen LogP contribution in [-0.4, -0.2) is 95.2 Å². The molecule has 3 rings (SSSR count). The van der Waals surface area contributed by atoms with Crippen LogP contribution in [0.1, 0.15) is 77.8 Å². The van der Waals surface area contributed by atoms with E-state index in [1.807, 2.05) is 20.0 Å². The Balaban J connectivity index is 1.20. The SMILES string of the molecule is CC(=O)COCC(=O)CCCOCCOCCn1cc(CCC(=O)C2CCC(CN3C(=O)CC(C(C)C)C3=O)CC2)nn1. The molecule has 43 heavy (non-hydrogen) atoms. The fraction of sp³-hybridized carbons (Fsp3) is 0.774. The molecule has 2 heterocycles. The Kier molecular flexibility index (Phi) is 14.6. The largest absolute Gasteiger partial charge is 0.379 e. The Bertz CT molecular complexity index is 1080. The van der Waals surface area contributed by atoms with Gasteiger partial charge in [-0.2, -0.15) is 0 Å². The van der Waals surface area contributed by atoms with Crippen LogP contribution in [0.4, 0.5) is 0 Å². The molecule has 0 spiro atoms. The molecule has 0 bridgehead atoms. The summed E-state index contributed by atoms with van der Waals surface area (Å²) in [6.45, 7) is 8.10. The van der Waals surface area contributed by atoms with Gasteiger partial charge in [-0.05, 0) is 50.9 Å². The first-order valence-electron chi connectivity index (χ1n) is 15.6. The van der Waals surface area contributed by atoms with Gasteiger partial charge in [-0.15, -0.1) is 5.10 Å². The molecule has 2 fully saturated rings. The van der Waals surface area contributed by atoms with Crippen LogP contribution in [0.5, 0.6) is 0 Å². The molecule has 12 nitrogen and oxygen atoms in total. The van der Waals surface area contributed by atoms with E-state index < -0.39 is 0 Å². The number of ether oxygens (including phenoxy) is 3. The van der Waals surface area contributed by atoms with Gasteiger partial charge in [0.25, 0.3) is 0 Å². The molecule has 1 saturated carbocycles. The quantitative estimate of drug-likeness (QED) is 0.152. The molecule has 1 aliphatic carbocycles. The number of aryl methyl sites for hydroxylation is 1. The Morgan fingerprint density at radius 3 is 2.35 bits per heavy atom. The summed E-state index contributed by atoms with van der Waals surface area (Å²) in [6, 6.07) is 0. The number of ketones is 3. The van der Waals surface area contributed by atoms with Gasteiger partial charge in [0.05, 0.1) is 32.1 Å². The highest BCUT2D eigenvalue weighted by Gasteiger charge is 2.41. The number of carbonyl (C=O) groups excluding carboxylic acids is 5. The molecule has 1 aliphatic heterocycles. The first-order valence-corrected chi connectivity index (χ1v) is 15.6. The molecule has 12 heteroatoms. The van der Waals surface area contributed by atoms with Gasteiger partial charge in [0.2, 0.25) is 11.8 Å². The summed E-state index contributed by atoms with van der Waals surface area (Å²) in [5.74, 6) is 0.298. The minimum atomic E-state index is -0.191. The van der Waals surface area contributed by atoms with Crippen molar-refractivity contribution in [1.82, 2.24) is 19.9 Å². The number of amides is 2. The third-order valence-electron chi connectivity index (χ3n) is 8.19. The number of Topliss-reactive ketones (excluding diaryl/α,β-unsaturated/α-hetero) is 3. The van der Waals surface area contributed by atoms with Crippen LogP contribution in [-0.2, 0) is 51.1 Å². The molecule has 0 aromatic carbocycles. The molecule has 240 valence electrons. The zero-order valence-corrected chi connectivity index (χ0v) is 26.0. The predicted molar refractivity (Wildman–Crippen MR) is 156 cm³/mol. The summed E-state index contributed by atoms with van der Waals surface area (Å²) in [4.78, 5) is 61.7. The molecule has 2 aliphatic rings. The maximum atomic E-state index is 12.8. The monoisotopic (exact) mass is 604 g/mol.